The number of fused-ring (bicyclic) bond motifs is 1. The first-order valence-corrected chi connectivity index (χ1v) is 7.97. The largest absolute Gasteiger partial charge is 0.476 e. The third-order valence-electron chi connectivity index (χ3n) is 4.14. The van der Waals surface area contributed by atoms with Gasteiger partial charge in [0.05, 0.1) is 10.6 Å². The fraction of sp³-hybridized carbons (Fsp3) is 0. The third kappa shape index (κ3) is 2.89. The van der Waals surface area contributed by atoms with Crippen LogP contribution in [0.2, 0.25) is 0 Å². The smallest absolute Gasteiger partial charge is 0.356 e. The normalized spacial score (nSPS) is 10.8. The molecule has 8 nitrogen and oxygen atoms in total. The summed E-state index contributed by atoms with van der Waals surface area (Å²) in [6.07, 6.45) is 1.40. The number of hydrogen-bond acceptors (Lipinski definition) is 5. The summed E-state index contributed by atoms with van der Waals surface area (Å²) in [4.78, 5) is 26.3. The summed E-state index contributed by atoms with van der Waals surface area (Å²) < 4.78 is 1.20. The topological polar surface area (TPSA) is 111 Å². The van der Waals surface area contributed by atoms with Crippen molar-refractivity contribution < 1.29 is 14.8 Å². The quantitative estimate of drug-likeness (QED) is 0.439. The molecule has 0 atom stereocenters. The number of carboxylic acids is 1. The molecule has 2 aromatic carbocycles. The van der Waals surface area contributed by atoms with Crippen molar-refractivity contribution in [2.24, 2.45) is 0 Å². The molecule has 132 valence electrons. The molecule has 0 saturated heterocycles. The van der Waals surface area contributed by atoms with E-state index in [2.05, 4.69) is 10.1 Å². The highest BCUT2D eigenvalue weighted by molar-refractivity contribution is 5.90. The molecule has 0 aliphatic heterocycles. The van der Waals surface area contributed by atoms with Gasteiger partial charge < -0.3 is 5.11 Å². The van der Waals surface area contributed by atoms with Crippen LogP contribution in [0.15, 0.2) is 66.9 Å². The highest BCUT2D eigenvalue weighted by Crippen LogP contribution is 2.29. The predicted octanol–water partition coefficient (Wildman–Crippen LogP) is 3.69. The second-order valence-corrected chi connectivity index (χ2v) is 5.80. The Kier molecular flexibility index (Phi) is 3.85. The van der Waals surface area contributed by atoms with Crippen LogP contribution >= 0.6 is 0 Å². The minimum Gasteiger partial charge on any atom is -0.476 e. The molecule has 0 saturated carbocycles. The molecule has 8 heteroatoms. The Morgan fingerprint density at radius 2 is 1.81 bits per heavy atom. The maximum Gasteiger partial charge on any atom is 0.356 e. The van der Waals surface area contributed by atoms with E-state index in [9.17, 15) is 20.0 Å². The van der Waals surface area contributed by atoms with Gasteiger partial charge in [-0.25, -0.2) is 14.5 Å². The summed E-state index contributed by atoms with van der Waals surface area (Å²) in [6, 6.07) is 17.4. The summed E-state index contributed by atoms with van der Waals surface area (Å²) in [6.45, 7) is 0. The first-order valence-electron chi connectivity index (χ1n) is 7.97. The fourth-order valence-electron chi connectivity index (χ4n) is 2.90. The number of nitro groups is 1. The van der Waals surface area contributed by atoms with E-state index < -0.39 is 10.9 Å². The highest BCUT2D eigenvalue weighted by atomic mass is 16.6. The molecule has 0 radical (unpaired) electrons. The number of pyridine rings is 1. The minimum atomic E-state index is -1.23. The van der Waals surface area contributed by atoms with Crippen molar-refractivity contribution in [1.29, 1.82) is 0 Å². The fourth-order valence-corrected chi connectivity index (χ4v) is 2.90. The molecule has 0 amide bonds. The number of rotatable bonds is 4. The molecule has 27 heavy (non-hydrogen) atoms. The Hall–Kier alpha value is -4.07. The monoisotopic (exact) mass is 360 g/mol. The van der Waals surface area contributed by atoms with Gasteiger partial charge in [-0.05, 0) is 29.0 Å². The molecule has 4 aromatic rings. The number of aromatic nitrogens is 3. The molecule has 0 aliphatic carbocycles. The van der Waals surface area contributed by atoms with Crippen LogP contribution in [0.4, 0.5) is 5.69 Å². The van der Waals surface area contributed by atoms with Crippen LogP contribution in [0.25, 0.3) is 27.8 Å². The summed E-state index contributed by atoms with van der Waals surface area (Å²) in [5.74, 6) is -1.27. The van der Waals surface area contributed by atoms with Gasteiger partial charge >= 0.3 is 11.7 Å². The van der Waals surface area contributed by atoms with Crippen LogP contribution in [0.1, 0.15) is 10.5 Å². The van der Waals surface area contributed by atoms with Crippen molar-refractivity contribution in [2.75, 3.05) is 0 Å². The zero-order valence-corrected chi connectivity index (χ0v) is 13.8. The zero-order chi connectivity index (χ0) is 19.0. The molecule has 2 heterocycles. The van der Waals surface area contributed by atoms with E-state index in [0.29, 0.717) is 11.3 Å². The van der Waals surface area contributed by atoms with E-state index in [1.165, 1.54) is 29.1 Å². The summed E-state index contributed by atoms with van der Waals surface area (Å²) >= 11 is 0. The number of hydrogen-bond donors (Lipinski definition) is 1. The number of nitrogens with zero attached hydrogens (tertiary/aromatic N) is 4. The maximum absolute atomic E-state index is 11.4. The van der Waals surface area contributed by atoms with Crippen molar-refractivity contribution in [3.05, 3.63) is 82.7 Å². The molecule has 0 aliphatic rings. The van der Waals surface area contributed by atoms with Gasteiger partial charge in [0.25, 0.3) is 0 Å². The van der Waals surface area contributed by atoms with Crippen LogP contribution in [0.5, 0.6) is 0 Å². The molecule has 0 spiro atoms. The summed E-state index contributed by atoms with van der Waals surface area (Å²) in [5, 5.41) is 26.7. The molecular weight excluding hydrogens is 348 g/mol. The van der Waals surface area contributed by atoms with Crippen molar-refractivity contribution in [3.63, 3.8) is 0 Å². The van der Waals surface area contributed by atoms with Crippen LogP contribution < -0.4 is 0 Å². The van der Waals surface area contributed by atoms with Gasteiger partial charge in [0.15, 0.2) is 5.69 Å². The van der Waals surface area contributed by atoms with Crippen molar-refractivity contribution in [2.45, 2.75) is 0 Å². The molecule has 0 bridgehead atoms. The van der Waals surface area contributed by atoms with Gasteiger partial charge in [0, 0.05) is 17.8 Å². The second-order valence-electron chi connectivity index (χ2n) is 5.80. The molecule has 4 rings (SSSR count). The Bertz CT molecular complexity index is 1200. The van der Waals surface area contributed by atoms with Crippen molar-refractivity contribution in [3.8, 4) is 17.1 Å². The van der Waals surface area contributed by atoms with E-state index in [4.69, 9.17) is 0 Å². The van der Waals surface area contributed by atoms with Gasteiger partial charge in [-0.3, -0.25) is 10.1 Å². The Labute approximate surface area is 152 Å². The van der Waals surface area contributed by atoms with Gasteiger partial charge in [0.1, 0.15) is 0 Å². The van der Waals surface area contributed by atoms with E-state index in [1.807, 2.05) is 42.5 Å². The standard InChI is InChI=1S/C19H12N4O4/c24-19(25)15-11-17(14-8-7-12-4-1-2-5-13(12)10-14)22(21-15)18-16(23(26)27)6-3-9-20-18/h1-11H,(H,24,25). The summed E-state index contributed by atoms with van der Waals surface area (Å²) in [7, 11) is 0. The average Bonchev–Trinajstić information content (AvgIpc) is 3.13. The van der Waals surface area contributed by atoms with Crippen molar-refractivity contribution >= 4 is 22.4 Å². The van der Waals surface area contributed by atoms with Crippen LogP contribution in [-0.4, -0.2) is 30.8 Å². The number of carbonyl (C=O) groups is 1. The third-order valence-corrected chi connectivity index (χ3v) is 4.14. The van der Waals surface area contributed by atoms with E-state index in [-0.39, 0.29) is 17.2 Å². The lowest BCUT2D eigenvalue weighted by Gasteiger charge is -2.08. The number of aromatic carboxylic acids is 1. The minimum absolute atomic E-state index is 0.0434. The SMILES string of the molecule is O=C(O)c1cc(-c2ccc3ccccc3c2)n(-c2ncccc2[N+](=O)[O-])n1. The summed E-state index contributed by atoms with van der Waals surface area (Å²) in [5.41, 5.74) is 0.589. The van der Waals surface area contributed by atoms with Gasteiger partial charge in [0.2, 0.25) is 5.82 Å². The highest BCUT2D eigenvalue weighted by Gasteiger charge is 2.23. The molecule has 0 unspecified atom stereocenters. The first kappa shape index (κ1) is 16.4. The number of benzene rings is 2. The lowest BCUT2D eigenvalue weighted by Crippen LogP contribution is -2.07. The lowest BCUT2D eigenvalue weighted by atomic mass is 10.0. The lowest BCUT2D eigenvalue weighted by molar-refractivity contribution is -0.384. The predicted molar refractivity (Wildman–Crippen MR) is 97.9 cm³/mol. The van der Waals surface area contributed by atoms with E-state index >= 15 is 0 Å². The Morgan fingerprint density at radius 1 is 1.04 bits per heavy atom. The molecule has 1 N–H and O–H groups in total. The number of carboxylic acid groups (broad SMARTS) is 1. The van der Waals surface area contributed by atoms with Gasteiger partial charge in [-0.2, -0.15) is 5.10 Å². The maximum atomic E-state index is 11.4. The Morgan fingerprint density at radius 3 is 2.56 bits per heavy atom. The van der Waals surface area contributed by atoms with Gasteiger partial charge in [-0.15, -0.1) is 0 Å². The van der Waals surface area contributed by atoms with Gasteiger partial charge in [-0.1, -0.05) is 36.4 Å². The first-order chi connectivity index (χ1) is 13.0. The van der Waals surface area contributed by atoms with Crippen LogP contribution in [-0.2, 0) is 0 Å². The van der Waals surface area contributed by atoms with Crippen LogP contribution in [0.3, 0.4) is 0 Å². The molecule has 0 fully saturated rings. The average molecular weight is 360 g/mol. The Balaban J connectivity index is 1.98. The van der Waals surface area contributed by atoms with Crippen LogP contribution in [0, 0.1) is 10.1 Å². The second kappa shape index (κ2) is 6.34. The van der Waals surface area contributed by atoms with E-state index in [1.54, 1.807) is 0 Å². The molecule has 2 aromatic heterocycles. The van der Waals surface area contributed by atoms with Crippen molar-refractivity contribution in [1.82, 2.24) is 14.8 Å². The van der Waals surface area contributed by atoms with E-state index in [0.717, 1.165) is 10.8 Å². The molecular formula is C19H12N4O4. The zero-order valence-electron chi connectivity index (χ0n) is 13.8.